The van der Waals surface area contributed by atoms with E-state index in [2.05, 4.69) is 46.6 Å². The zero-order valence-corrected chi connectivity index (χ0v) is 14.9. The molecule has 4 rings (SSSR count). The molecule has 0 atom stereocenters. The lowest BCUT2D eigenvalue weighted by atomic mass is 9.78. The van der Waals surface area contributed by atoms with Crippen molar-refractivity contribution < 1.29 is 0 Å². The van der Waals surface area contributed by atoms with Crippen LogP contribution in [0.3, 0.4) is 0 Å². The van der Waals surface area contributed by atoms with E-state index in [1.807, 2.05) is 17.9 Å². The molecule has 1 N–H and O–H groups in total. The first-order valence-electron chi connectivity index (χ1n) is 9.15. The largest absolute Gasteiger partial charge is 0.317 e. The Hall–Kier alpha value is -1.65. The maximum Gasteiger partial charge on any atom is 0.0568 e. The SMILES string of the molecule is Cc1ccc(CN2CCC3(CCNCC3)C2)c(-c2cnn(C)c2)c1. The summed E-state index contributed by atoms with van der Waals surface area (Å²) in [5, 5.41) is 7.87. The highest BCUT2D eigenvalue weighted by Gasteiger charge is 2.38. The number of likely N-dealkylation sites (tertiary alicyclic amines) is 1. The molecule has 4 nitrogen and oxygen atoms in total. The number of hydrogen-bond donors (Lipinski definition) is 1. The van der Waals surface area contributed by atoms with Gasteiger partial charge in [0, 0.05) is 31.9 Å². The third-order valence-corrected chi connectivity index (χ3v) is 5.86. The first-order chi connectivity index (χ1) is 11.6. The van der Waals surface area contributed by atoms with Gasteiger partial charge >= 0.3 is 0 Å². The first kappa shape index (κ1) is 15.9. The van der Waals surface area contributed by atoms with Gasteiger partial charge in [-0.1, -0.05) is 23.8 Å². The van der Waals surface area contributed by atoms with Crippen molar-refractivity contribution in [3.63, 3.8) is 0 Å². The average Bonchev–Trinajstić information content (AvgIpc) is 3.17. The molecule has 24 heavy (non-hydrogen) atoms. The molecule has 0 unspecified atom stereocenters. The van der Waals surface area contributed by atoms with Crippen LogP contribution in [-0.4, -0.2) is 40.9 Å². The van der Waals surface area contributed by atoms with Gasteiger partial charge in [-0.15, -0.1) is 0 Å². The molecular formula is C20H28N4. The molecule has 0 saturated carbocycles. The molecule has 0 radical (unpaired) electrons. The fourth-order valence-corrected chi connectivity index (χ4v) is 4.43. The fourth-order valence-electron chi connectivity index (χ4n) is 4.43. The number of benzene rings is 1. The van der Waals surface area contributed by atoms with E-state index >= 15 is 0 Å². The van der Waals surface area contributed by atoms with Gasteiger partial charge in [0.2, 0.25) is 0 Å². The van der Waals surface area contributed by atoms with Crippen molar-refractivity contribution >= 4 is 0 Å². The van der Waals surface area contributed by atoms with Crippen molar-refractivity contribution in [1.82, 2.24) is 20.0 Å². The second-order valence-corrected chi connectivity index (χ2v) is 7.77. The molecule has 128 valence electrons. The molecule has 0 aliphatic carbocycles. The summed E-state index contributed by atoms with van der Waals surface area (Å²) in [6, 6.07) is 6.86. The maximum atomic E-state index is 4.36. The van der Waals surface area contributed by atoms with Crippen LogP contribution in [0.25, 0.3) is 11.1 Å². The van der Waals surface area contributed by atoms with E-state index in [9.17, 15) is 0 Å². The summed E-state index contributed by atoms with van der Waals surface area (Å²) in [5.74, 6) is 0. The zero-order valence-electron chi connectivity index (χ0n) is 14.9. The normalized spacial score (nSPS) is 20.8. The Bertz CT molecular complexity index is 712. The lowest BCUT2D eigenvalue weighted by Gasteiger charge is -2.34. The summed E-state index contributed by atoms with van der Waals surface area (Å²) < 4.78 is 1.89. The summed E-state index contributed by atoms with van der Waals surface area (Å²) >= 11 is 0. The van der Waals surface area contributed by atoms with E-state index < -0.39 is 0 Å². The third kappa shape index (κ3) is 3.13. The minimum Gasteiger partial charge on any atom is -0.317 e. The van der Waals surface area contributed by atoms with Gasteiger partial charge in [0.15, 0.2) is 0 Å². The predicted octanol–water partition coefficient (Wildman–Crippen LogP) is 2.97. The summed E-state index contributed by atoms with van der Waals surface area (Å²) in [7, 11) is 1.99. The molecule has 0 bridgehead atoms. The number of rotatable bonds is 3. The Balaban J connectivity index is 1.55. The van der Waals surface area contributed by atoms with Crippen LogP contribution >= 0.6 is 0 Å². The number of aryl methyl sites for hydroxylation is 2. The van der Waals surface area contributed by atoms with Crippen LogP contribution in [0, 0.1) is 12.3 Å². The summed E-state index contributed by atoms with van der Waals surface area (Å²) in [6.07, 6.45) is 8.15. The minimum atomic E-state index is 0.574. The van der Waals surface area contributed by atoms with Crippen LogP contribution in [0.1, 0.15) is 30.4 Å². The Morgan fingerprint density at radius 3 is 2.79 bits per heavy atom. The lowest BCUT2D eigenvalue weighted by molar-refractivity contribution is 0.194. The Morgan fingerprint density at radius 1 is 1.21 bits per heavy atom. The van der Waals surface area contributed by atoms with Gasteiger partial charge in [0.25, 0.3) is 0 Å². The van der Waals surface area contributed by atoms with E-state index in [4.69, 9.17) is 0 Å². The fraction of sp³-hybridized carbons (Fsp3) is 0.550. The molecule has 2 aliphatic heterocycles. The van der Waals surface area contributed by atoms with Crippen LogP contribution in [0.4, 0.5) is 0 Å². The van der Waals surface area contributed by atoms with Gasteiger partial charge in [0.1, 0.15) is 0 Å². The van der Waals surface area contributed by atoms with Crippen molar-refractivity contribution in [3.8, 4) is 11.1 Å². The molecule has 2 fully saturated rings. The first-order valence-corrected chi connectivity index (χ1v) is 9.15. The molecule has 1 aromatic carbocycles. The summed E-state index contributed by atoms with van der Waals surface area (Å²) in [6.45, 7) is 8.11. The molecule has 4 heteroatoms. The maximum absolute atomic E-state index is 4.36. The second-order valence-electron chi connectivity index (χ2n) is 7.77. The number of piperidine rings is 1. The number of nitrogens with zero attached hydrogens (tertiary/aromatic N) is 3. The molecule has 0 amide bonds. The zero-order chi connectivity index (χ0) is 16.6. The highest BCUT2D eigenvalue weighted by atomic mass is 15.2. The van der Waals surface area contributed by atoms with Gasteiger partial charge in [0.05, 0.1) is 6.20 Å². The Kier molecular flexibility index (Phi) is 4.19. The predicted molar refractivity (Wildman–Crippen MR) is 97.8 cm³/mol. The Morgan fingerprint density at radius 2 is 2.04 bits per heavy atom. The second kappa shape index (κ2) is 6.34. The van der Waals surface area contributed by atoms with E-state index in [0.29, 0.717) is 5.41 Å². The molecular weight excluding hydrogens is 296 g/mol. The minimum absolute atomic E-state index is 0.574. The van der Waals surface area contributed by atoms with E-state index in [-0.39, 0.29) is 0 Å². The number of aromatic nitrogens is 2. The molecule has 2 aromatic rings. The number of hydrogen-bond acceptors (Lipinski definition) is 3. The van der Waals surface area contributed by atoms with Crippen LogP contribution in [0.15, 0.2) is 30.6 Å². The third-order valence-electron chi connectivity index (χ3n) is 5.86. The standard InChI is InChI=1S/C20H28N4/c1-16-3-4-17(19(11-16)18-12-22-23(2)13-18)14-24-10-7-20(15-24)5-8-21-9-6-20/h3-4,11-13,21H,5-10,14-15H2,1-2H3. The van der Waals surface area contributed by atoms with E-state index in [1.54, 1.807) is 0 Å². The summed E-state index contributed by atoms with van der Waals surface area (Å²) in [5.41, 5.74) is 5.89. The monoisotopic (exact) mass is 324 g/mol. The van der Waals surface area contributed by atoms with Crippen LogP contribution in [0.2, 0.25) is 0 Å². The average molecular weight is 324 g/mol. The smallest absolute Gasteiger partial charge is 0.0568 e. The molecule has 1 spiro atoms. The van der Waals surface area contributed by atoms with E-state index in [0.717, 1.165) is 6.54 Å². The molecule has 3 heterocycles. The van der Waals surface area contributed by atoms with Crippen LogP contribution in [-0.2, 0) is 13.6 Å². The topological polar surface area (TPSA) is 33.1 Å². The van der Waals surface area contributed by atoms with Crippen LogP contribution < -0.4 is 5.32 Å². The van der Waals surface area contributed by atoms with Gasteiger partial charge in [-0.05, 0) is 62.4 Å². The molecule has 1 aromatic heterocycles. The van der Waals surface area contributed by atoms with E-state index in [1.165, 1.54) is 67.7 Å². The van der Waals surface area contributed by atoms with Gasteiger partial charge in [-0.3, -0.25) is 9.58 Å². The van der Waals surface area contributed by atoms with Crippen LogP contribution in [0.5, 0.6) is 0 Å². The van der Waals surface area contributed by atoms with Crippen molar-refractivity contribution in [2.75, 3.05) is 26.2 Å². The molecule has 2 aliphatic rings. The van der Waals surface area contributed by atoms with Gasteiger partial charge in [-0.25, -0.2) is 0 Å². The highest BCUT2D eigenvalue weighted by Crippen LogP contribution is 2.39. The van der Waals surface area contributed by atoms with Gasteiger partial charge in [-0.2, -0.15) is 5.10 Å². The highest BCUT2D eigenvalue weighted by molar-refractivity contribution is 5.66. The summed E-state index contributed by atoms with van der Waals surface area (Å²) in [4.78, 5) is 2.66. The van der Waals surface area contributed by atoms with Crippen molar-refractivity contribution in [2.45, 2.75) is 32.7 Å². The van der Waals surface area contributed by atoms with Crippen molar-refractivity contribution in [2.24, 2.45) is 12.5 Å². The van der Waals surface area contributed by atoms with Crippen molar-refractivity contribution in [3.05, 3.63) is 41.7 Å². The Labute approximate surface area is 144 Å². The number of nitrogens with one attached hydrogen (secondary N) is 1. The van der Waals surface area contributed by atoms with Crippen molar-refractivity contribution in [1.29, 1.82) is 0 Å². The van der Waals surface area contributed by atoms with Gasteiger partial charge < -0.3 is 5.32 Å². The lowest BCUT2D eigenvalue weighted by Crippen LogP contribution is -2.38. The molecule has 2 saturated heterocycles. The quantitative estimate of drug-likeness (QED) is 0.942.